The van der Waals surface area contributed by atoms with Crippen LogP contribution < -0.4 is 0 Å². The first kappa shape index (κ1) is 20.2. The maximum absolute atomic E-state index is 13.5. The van der Waals surface area contributed by atoms with Crippen molar-refractivity contribution in [3.05, 3.63) is 81.9 Å². The van der Waals surface area contributed by atoms with Crippen LogP contribution in [0.1, 0.15) is 41.4 Å². The molecule has 2 heterocycles. The van der Waals surface area contributed by atoms with Gasteiger partial charge in [-0.05, 0) is 31.2 Å². The van der Waals surface area contributed by atoms with Gasteiger partial charge in [0.2, 0.25) is 0 Å². The molecule has 30 heavy (non-hydrogen) atoms. The Morgan fingerprint density at radius 2 is 1.90 bits per heavy atom. The van der Waals surface area contributed by atoms with E-state index in [0.29, 0.717) is 22.0 Å². The van der Waals surface area contributed by atoms with Crippen LogP contribution >= 0.6 is 11.6 Å². The molecule has 154 valence electrons. The molecule has 1 aliphatic rings. The first-order valence-electron chi connectivity index (χ1n) is 8.93. The average Bonchev–Trinajstić information content (AvgIpc) is 3.01. The van der Waals surface area contributed by atoms with Crippen molar-refractivity contribution < 1.29 is 22.7 Å². The second-order valence-electron chi connectivity index (χ2n) is 6.76. The third-order valence-corrected chi connectivity index (χ3v) is 4.90. The maximum atomic E-state index is 13.5. The number of imidazole rings is 1. The molecular weight excluding hydrogens is 419 g/mol. The Balaban J connectivity index is 2.06. The average molecular weight is 434 g/mol. The second kappa shape index (κ2) is 7.28. The Kier molecular flexibility index (Phi) is 4.89. The monoisotopic (exact) mass is 433 g/mol. The van der Waals surface area contributed by atoms with E-state index in [4.69, 9.17) is 16.3 Å². The quantitative estimate of drug-likeness (QED) is 0.518. The molecule has 1 aliphatic heterocycles. The topological polar surface area (TPSA) is 56.5 Å². The van der Waals surface area contributed by atoms with Gasteiger partial charge >= 0.3 is 12.1 Å². The zero-order chi connectivity index (χ0) is 21.6. The normalized spacial score (nSPS) is 15.7. The number of aryl methyl sites for hydroxylation is 1. The lowest BCUT2D eigenvalue weighted by Crippen LogP contribution is -2.12. The molecular formula is C21H15ClF3N3O2. The van der Waals surface area contributed by atoms with Crippen molar-refractivity contribution in [2.45, 2.75) is 26.3 Å². The number of alkyl halides is 3. The maximum Gasteiger partial charge on any atom is 0.416 e. The minimum atomic E-state index is -4.55. The molecule has 0 bridgehead atoms. The van der Waals surface area contributed by atoms with Crippen LogP contribution in [0.5, 0.6) is 0 Å². The summed E-state index contributed by atoms with van der Waals surface area (Å²) in [7, 11) is 0. The van der Waals surface area contributed by atoms with Crippen molar-refractivity contribution in [1.82, 2.24) is 9.55 Å². The molecule has 9 heteroatoms. The van der Waals surface area contributed by atoms with Gasteiger partial charge in [0.05, 0.1) is 22.7 Å². The molecule has 1 atom stereocenters. The molecule has 0 amide bonds. The van der Waals surface area contributed by atoms with E-state index in [2.05, 4.69) is 9.98 Å². The lowest BCUT2D eigenvalue weighted by Gasteiger charge is -2.15. The molecule has 0 N–H and O–H groups in total. The largest absolute Gasteiger partial charge is 0.432 e. The van der Waals surface area contributed by atoms with Crippen molar-refractivity contribution in [2.24, 2.45) is 4.99 Å². The van der Waals surface area contributed by atoms with E-state index in [1.807, 2.05) is 0 Å². The van der Waals surface area contributed by atoms with Crippen LogP contribution in [0.25, 0.3) is 5.69 Å². The van der Waals surface area contributed by atoms with E-state index in [0.717, 1.165) is 12.1 Å². The molecule has 0 fully saturated rings. The van der Waals surface area contributed by atoms with Crippen LogP contribution in [0.15, 0.2) is 53.7 Å². The van der Waals surface area contributed by atoms with E-state index < -0.39 is 23.9 Å². The van der Waals surface area contributed by atoms with E-state index in [-0.39, 0.29) is 17.1 Å². The Bertz CT molecular complexity index is 1180. The number of rotatable bonds is 2. The number of halogens is 4. The molecule has 0 saturated carbocycles. The standard InChI is InChI=1S/C21H15ClF3N3O2/c1-11-10-28-17-8-7-13(21(23,24)25)9-15(17)18(14-5-3-4-6-16(14)22)27-20(19(28)26-11)30-12(2)29/h3-10,20H,1-2H3. The summed E-state index contributed by atoms with van der Waals surface area (Å²) in [6.07, 6.45) is -4.04. The fraction of sp³-hybridized carbons (Fsp3) is 0.190. The van der Waals surface area contributed by atoms with Crippen LogP contribution in [0.4, 0.5) is 13.2 Å². The van der Waals surface area contributed by atoms with Crippen LogP contribution in [0, 0.1) is 6.92 Å². The number of carbonyl (C=O) groups excluding carboxylic acids is 1. The Morgan fingerprint density at radius 1 is 1.17 bits per heavy atom. The molecule has 2 aromatic carbocycles. The van der Waals surface area contributed by atoms with Gasteiger partial charge in [-0.1, -0.05) is 29.8 Å². The number of aromatic nitrogens is 2. The molecule has 0 saturated heterocycles. The number of esters is 1. The number of nitrogens with zero attached hydrogens (tertiary/aromatic N) is 3. The predicted octanol–water partition coefficient (Wildman–Crippen LogP) is 5.27. The molecule has 3 aromatic rings. The van der Waals surface area contributed by atoms with Crippen LogP contribution in [-0.2, 0) is 15.7 Å². The Hall–Kier alpha value is -3.13. The minimum Gasteiger partial charge on any atom is -0.432 e. The van der Waals surface area contributed by atoms with E-state index in [1.54, 1.807) is 42.0 Å². The van der Waals surface area contributed by atoms with Crippen molar-refractivity contribution in [3.63, 3.8) is 0 Å². The summed E-state index contributed by atoms with van der Waals surface area (Å²) < 4.78 is 47.3. The van der Waals surface area contributed by atoms with Gasteiger partial charge < -0.3 is 4.74 Å². The van der Waals surface area contributed by atoms with Gasteiger partial charge in [0, 0.05) is 29.3 Å². The number of hydrogen-bond acceptors (Lipinski definition) is 4. The Labute approximate surface area is 174 Å². The van der Waals surface area contributed by atoms with E-state index in [9.17, 15) is 18.0 Å². The lowest BCUT2D eigenvalue weighted by atomic mass is 9.98. The third-order valence-electron chi connectivity index (χ3n) is 4.57. The van der Waals surface area contributed by atoms with Gasteiger partial charge in [0.1, 0.15) is 0 Å². The first-order valence-corrected chi connectivity index (χ1v) is 9.31. The highest BCUT2D eigenvalue weighted by molar-refractivity contribution is 6.35. The molecule has 0 radical (unpaired) electrons. The predicted molar refractivity (Wildman–Crippen MR) is 105 cm³/mol. The summed E-state index contributed by atoms with van der Waals surface area (Å²) in [5.74, 6) is -0.317. The number of benzene rings is 2. The van der Waals surface area contributed by atoms with Crippen molar-refractivity contribution >= 4 is 23.3 Å². The zero-order valence-corrected chi connectivity index (χ0v) is 16.6. The summed E-state index contributed by atoms with van der Waals surface area (Å²) in [6, 6.07) is 10.0. The van der Waals surface area contributed by atoms with Gasteiger partial charge in [-0.3, -0.25) is 9.36 Å². The summed E-state index contributed by atoms with van der Waals surface area (Å²) in [5.41, 5.74) is 0.989. The van der Waals surface area contributed by atoms with Gasteiger partial charge in [0.25, 0.3) is 6.23 Å². The van der Waals surface area contributed by atoms with Crippen LogP contribution in [-0.4, -0.2) is 21.2 Å². The molecule has 5 nitrogen and oxygen atoms in total. The van der Waals surface area contributed by atoms with Gasteiger partial charge in [-0.15, -0.1) is 0 Å². The molecule has 1 unspecified atom stereocenters. The van der Waals surface area contributed by atoms with E-state index in [1.165, 1.54) is 13.0 Å². The number of carbonyl (C=O) groups is 1. The van der Waals surface area contributed by atoms with E-state index >= 15 is 0 Å². The summed E-state index contributed by atoms with van der Waals surface area (Å²) >= 11 is 6.34. The highest BCUT2D eigenvalue weighted by atomic mass is 35.5. The van der Waals surface area contributed by atoms with Crippen molar-refractivity contribution in [3.8, 4) is 5.69 Å². The fourth-order valence-corrected chi connectivity index (χ4v) is 3.57. The highest BCUT2D eigenvalue weighted by Gasteiger charge is 2.34. The van der Waals surface area contributed by atoms with Gasteiger partial charge in [-0.2, -0.15) is 13.2 Å². The second-order valence-corrected chi connectivity index (χ2v) is 7.17. The highest BCUT2D eigenvalue weighted by Crippen LogP contribution is 2.37. The molecule has 0 spiro atoms. The minimum absolute atomic E-state index is 0.177. The van der Waals surface area contributed by atoms with Gasteiger partial charge in [0.15, 0.2) is 5.82 Å². The molecule has 4 rings (SSSR count). The number of fused-ring (bicyclic) bond motifs is 3. The van der Waals surface area contributed by atoms with Gasteiger partial charge in [-0.25, -0.2) is 9.98 Å². The fourth-order valence-electron chi connectivity index (χ4n) is 3.34. The van der Waals surface area contributed by atoms with Crippen molar-refractivity contribution in [1.29, 1.82) is 0 Å². The smallest absolute Gasteiger partial charge is 0.416 e. The molecule has 0 aliphatic carbocycles. The van der Waals surface area contributed by atoms with Crippen LogP contribution in [0.3, 0.4) is 0 Å². The summed E-state index contributed by atoms with van der Waals surface area (Å²) in [6.45, 7) is 2.96. The first-order chi connectivity index (χ1) is 14.1. The number of hydrogen-bond donors (Lipinski definition) is 0. The molecule has 1 aromatic heterocycles. The lowest BCUT2D eigenvalue weighted by molar-refractivity contribution is -0.146. The summed E-state index contributed by atoms with van der Waals surface area (Å²) in [4.78, 5) is 20.6. The zero-order valence-electron chi connectivity index (χ0n) is 15.9. The number of ether oxygens (including phenoxy) is 1. The number of aliphatic imine (C=N–C) groups is 1. The van der Waals surface area contributed by atoms with Crippen molar-refractivity contribution in [2.75, 3.05) is 0 Å². The Morgan fingerprint density at radius 3 is 2.57 bits per heavy atom. The third kappa shape index (κ3) is 3.59. The summed E-state index contributed by atoms with van der Waals surface area (Å²) in [5, 5.41) is 0.303. The van der Waals surface area contributed by atoms with Crippen LogP contribution in [0.2, 0.25) is 5.02 Å². The SMILES string of the molecule is CC(=O)OC1N=C(c2ccccc2Cl)c2cc(C(F)(F)F)ccc2-n2cc(C)nc21.